The van der Waals surface area contributed by atoms with Gasteiger partial charge in [-0.15, -0.1) is 0 Å². The summed E-state index contributed by atoms with van der Waals surface area (Å²) in [5, 5.41) is 5.30. The third-order valence-corrected chi connectivity index (χ3v) is 3.75. The summed E-state index contributed by atoms with van der Waals surface area (Å²) in [5.74, 6) is 0.843. The van der Waals surface area contributed by atoms with Gasteiger partial charge in [0.25, 0.3) is 0 Å². The van der Waals surface area contributed by atoms with Crippen molar-refractivity contribution in [2.45, 2.75) is 13.5 Å². The molecule has 23 heavy (non-hydrogen) atoms. The van der Waals surface area contributed by atoms with E-state index in [0.29, 0.717) is 18.2 Å². The molecule has 0 aliphatic carbocycles. The molecule has 0 bridgehead atoms. The van der Waals surface area contributed by atoms with E-state index in [1.165, 1.54) is 0 Å². The molecule has 0 spiro atoms. The van der Waals surface area contributed by atoms with Gasteiger partial charge in [-0.05, 0) is 49.4 Å². The van der Waals surface area contributed by atoms with Gasteiger partial charge < -0.3 is 10.5 Å². The zero-order valence-electron chi connectivity index (χ0n) is 12.9. The van der Waals surface area contributed by atoms with E-state index in [4.69, 9.17) is 22.1 Å². The Morgan fingerprint density at radius 2 is 1.78 bits per heavy atom. The normalized spacial score (nSPS) is 10.7. The van der Waals surface area contributed by atoms with E-state index >= 15 is 0 Å². The predicted molar refractivity (Wildman–Crippen MR) is 93.1 cm³/mol. The average molecular weight is 328 g/mol. The zero-order valence-corrected chi connectivity index (χ0v) is 13.6. The van der Waals surface area contributed by atoms with Crippen LogP contribution in [0.3, 0.4) is 0 Å². The highest BCUT2D eigenvalue weighted by molar-refractivity contribution is 6.30. The lowest BCUT2D eigenvalue weighted by Crippen LogP contribution is -2.02. The smallest absolute Gasteiger partial charge is 0.119 e. The zero-order chi connectivity index (χ0) is 16.2. The standard InChI is InChI=1S/C18H18ClN3O/c1-2-23-17-9-7-16(8-10-17)22-18(11-15(12-20)21-22)13-3-5-14(19)6-4-13/h3-11H,2,12,20H2,1H3. The second-order valence-corrected chi connectivity index (χ2v) is 5.51. The third kappa shape index (κ3) is 3.38. The van der Waals surface area contributed by atoms with Gasteiger partial charge in [0.05, 0.1) is 23.7 Å². The van der Waals surface area contributed by atoms with Crippen molar-refractivity contribution in [3.8, 4) is 22.7 Å². The van der Waals surface area contributed by atoms with Gasteiger partial charge in [-0.3, -0.25) is 0 Å². The minimum Gasteiger partial charge on any atom is -0.494 e. The molecule has 0 unspecified atom stereocenters. The summed E-state index contributed by atoms with van der Waals surface area (Å²) < 4.78 is 7.38. The number of aromatic nitrogens is 2. The predicted octanol–water partition coefficient (Wildman–Crippen LogP) is 4.05. The first kappa shape index (κ1) is 15.6. The molecule has 3 aromatic rings. The fourth-order valence-electron chi connectivity index (χ4n) is 2.40. The summed E-state index contributed by atoms with van der Waals surface area (Å²) in [5.41, 5.74) is 9.57. The molecule has 0 radical (unpaired) electrons. The van der Waals surface area contributed by atoms with Gasteiger partial charge in [0.15, 0.2) is 0 Å². The van der Waals surface area contributed by atoms with Crippen molar-refractivity contribution in [3.05, 3.63) is 65.3 Å². The molecule has 1 heterocycles. The molecule has 2 N–H and O–H groups in total. The summed E-state index contributed by atoms with van der Waals surface area (Å²) >= 11 is 5.98. The number of nitrogens with two attached hydrogens (primary N) is 1. The van der Waals surface area contributed by atoms with Crippen LogP contribution in [0.2, 0.25) is 5.02 Å². The Bertz CT molecular complexity index is 779. The van der Waals surface area contributed by atoms with Gasteiger partial charge in [-0.1, -0.05) is 23.7 Å². The maximum atomic E-state index is 5.98. The van der Waals surface area contributed by atoms with Crippen molar-refractivity contribution >= 4 is 11.6 Å². The lowest BCUT2D eigenvalue weighted by molar-refractivity contribution is 0.340. The maximum Gasteiger partial charge on any atom is 0.119 e. The number of nitrogens with zero attached hydrogens (tertiary/aromatic N) is 2. The van der Waals surface area contributed by atoms with Crippen molar-refractivity contribution in [2.75, 3.05) is 6.61 Å². The SMILES string of the molecule is CCOc1ccc(-n2nc(CN)cc2-c2ccc(Cl)cc2)cc1. The van der Waals surface area contributed by atoms with Crippen LogP contribution in [0.4, 0.5) is 0 Å². The van der Waals surface area contributed by atoms with Crippen molar-refractivity contribution in [2.24, 2.45) is 5.73 Å². The van der Waals surface area contributed by atoms with E-state index < -0.39 is 0 Å². The Balaban J connectivity index is 2.04. The summed E-state index contributed by atoms with van der Waals surface area (Å²) in [4.78, 5) is 0. The van der Waals surface area contributed by atoms with Gasteiger partial charge in [-0.25, -0.2) is 4.68 Å². The fraction of sp³-hybridized carbons (Fsp3) is 0.167. The Morgan fingerprint density at radius 1 is 1.09 bits per heavy atom. The molecule has 0 fully saturated rings. The van der Waals surface area contributed by atoms with E-state index in [1.807, 2.05) is 66.2 Å². The molecule has 0 atom stereocenters. The molecule has 5 heteroatoms. The van der Waals surface area contributed by atoms with Crippen LogP contribution < -0.4 is 10.5 Å². The molecule has 2 aromatic carbocycles. The summed E-state index contributed by atoms with van der Waals surface area (Å²) in [6.45, 7) is 3.01. The second kappa shape index (κ2) is 6.86. The number of rotatable bonds is 5. The number of hydrogen-bond donors (Lipinski definition) is 1. The molecule has 0 aliphatic rings. The number of ether oxygens (including phenoxy) is 1. The Labute approximate surface area is 140 Å². The molecule has 0 saturated heterocycles. The van der Waals surface area contributed by atoms with Crippen molar-refractivity contribution in [1.82, 2.24) is 9.78 Å². The van der Waals surface area contributed by atoms with Crippen LogP contribution in [-0.2, 0) is 6.54 Å². The molecule has 0 saturated carbocycles. The molecule has 0 amide bonds. The van der Waals surface area contributed by atoms with Crippen molar-refractivity contribution < 1.29 is 4.74 Å². The lowest BCUT2D eigenvalue weighted by Gasteiger charge is -2.09. The minimum atomic E-state index is 0.393. The van der Waals surface area contributed by atoms with E-state index in [2.05, 4.69) is 5.10 Å². The van der Waals surface area contributed by atoms with Gasteiger partial charge in [0.2, 0.25) is 0 Å². The van der Waals surface area contributed by atoms with Crippen LogP contribution in [0.15, 0.2) is 54.6 Å². The number of benzene rings is 2. The first-order valence-corrected chi connectivity index (χ1v) is 7.87. The topological polar surface area (TPSA) is 53.1 Å². The molecular formula is C18H18ClN3O. The van der Waals surface area contributed by atoms with Gasteiger partial charge in [0.1, 0.15) is 5.75 Å². The average Bonchev–Trinajstić information content (AvgIpc) is 3.01. The van der Waals surface area contributed by atoms with E-state index in [9.17, 15) is 0 Å². The monoisotopic (exact) mass is 327 g/mol. The highest BCUT2D eigenvalue weighted by atomic mass is 35.5. The van der Waals surface area contributed by atoms with E-state index in [0.717, 1.165) is 28.4 Å². The van der Waals surface area contributed by atoms with Crippen LogP contribution >= 0.6 is 11.6 Å². The summed E-state index contributed by atoms with van der Waals surface area (Å²) in [6, 6.07) is 17.5. The van der Waals surface area contributed by atoms with Crippen LogP contribution in [0, 0.1) is 0 Å². The van der Waals surface area contributed by atoms with Gasteiger partial charge >= 0.3 is 0 Å². The molecule has 4 nitrogen and oxygen atoms in total. The molecular weight excluding hydrogens is 310 g/mol. The fourth-order valence-corrected chi connectivity index (χ4v) is 2.53. The Kier molecular flexibility index (Phi) is 4.65. The van der Waals surface area contributed by atoms with Gasteiger partial charge in [0, 0.05) is 17.1 Å². The van der Waals surface area contributed by atoms with E-state index in [1.54, 1.807) is 0 Å². The maximum absolute atomic E-state index is 5.98. The number of hydrogen-bond acceptors (Lipinski definition) is 3. The van der Waals surface area contributed by atoms with Crippen LogP contribution in [0.25, 0.3) is 16.9 Å². The van der Waals surface area contributed by atoms with Crippen LogP contribution in [0.1, 0.15) is 12.6 Å². The van der Waals surface area contributed by atoms with Crippen LogP contribution in [0.5, 0.6) is 5.75 Å². The Morgan fingerprint density at radius 3 is 2.39 bits per heavy atom. The Hall–Kier alpha value is -2.30. The molecule has 0 aliphatic heterocycles. The van der Waals surface area contributed by atoms with Crippen molar-refractivity contribution in [3.63, 3.8) is 0 Å². The summed E-state index contributed by atoms with van der Waals surface area (Å²) in [6.07, 6.45) is 0. The summed E-state index contributed by atoms with van der Waals surface area (Å²) in [7, 11) is 0. The highest BCUT2D eigenvalue weighted by Crippen LogP contribution is 2.26. The van der Waals surface area contributed by atoms with Gasteiger partial charge in [-0.2, -0.15) is 5.10 Å². The molecule has 118 valence electrons. The van der Waals surface area contributed by atoms with Crippen LogP contribution in [-0.4, -0.2) is 16.4 Å². The first-order valence-electron chi connectivity index (χ1n) is 7.49. The van der Waals surface area contributed by atoms with E-state index in [-0.39, 0.29) is 0 Å². The highest BCUT2D eigenvalue weighted by Gasteiger charge is 2.11. The van der Waals surface area contributed by atoms with Crippen molar-refractivity contribution in [1.29, 1.82) is 0 Å². The molecule has 1 aromatic heterocycles. The molecule has 3 rings (SSSR count). The number of halogens is 1. The lowest BCUT2D eigenvalue weighted by atomic mass is 10.1. The minimum absolute atomic E-state index is 0.393. The quantitative estimate of drug-likeness (QED) is 0.769. The largest absolute Gasteiger partial charge is 0.494 e. The first-order chi connectivity index (χ1) is 11.2. The second-order valence-electron chi connectivity index (χ2n) is 5.07. The third-order valence-electron chi connectivity index (χ3n) is 3.50.